The quantitative estimate of drug-likeness (QED) is 0.840. The van der Waals surface area contributed by atoms with E-state index in [1.54, 1.807) is 6.26 Å². The molecule has 1 amide bonds. The van der Waals surface area contributed by atoms with Crippen molar-refractivity contribution in [1.82, 2.24) is 10.2 Å². The van der Waals surface area contributed by atoms with Crippen LogP contribution in [0.1, 0.15) is 31.9 Å². The monoisotopic (exact) mass is 296 g/mol. The molecule has 1 heterocycles. The van der Waals surface area contributed by atoms with Crippen LogP contribution in [0.25, 0.3) is 0 Å². The van der Waals surface area contributed by atoms with Crippen LogP contribution < -0.4 is 5.32 Å². The van der Waals surface area contributed by atoms with Crippen LogP contribution in [0.5, 0.6) is 0 Å². The number of likely N-dealkylation sites (N-methyl/N-ethyl adjacent to an activating group) is 1. The maximum absolute atomic E-state index is 11.9. The second-order valence-electron chi connectivity index (χ2n) is 5.32. The SMILES string of the molecule is CCS[C@@H]1CC[C@H](N(C)CC(=O)NCc2ccco2)C1. The number of hydrogen-bond acceptors (Lipinski definition) is 4. The number of nitrogens with zero attached hydrogens (tertiary/aromatic N) is 1. The predicted molar refractivity (Wildman–Crippen MR) is 82.7 cm³/mol. The number of rotatable bonds is 7. The van der Waals surface area contributed by atoms with Gasteiger partial charge in [-0.3, -0.25) is 9.69 Å². The molecule has 0 aliphatic heterocycles. The molecule has 5 heteroatoms. The summed E-state index contributed by atoms with van der Waals surface area (Å²) in [7, 11) is 2.05. The van der Waals surface area contributed by atoms with Crippen LogP contribution in [0.3, 0.4) is 0 Å². The van der Waals surface area contributed by atoms with Crippen LogP contribution >= 0.6 is 11.8 Å². The van der Waals surface area contributed by atoms with Crippen molar-refractivity contribution in [3.05, 3.63) is 24.2 Å². The summed E-state index contributed by atoms with van der Waals surface area (Å²) in [4.78, 5) is 14.1. The Bertz CT molecular complexity index is 408. The minimum Gasteiger partial charge on any atom is -0.467 e. The zero-order valence-electron chi connectivity index (χ0n) is 12.3. The van der Waals surface area contributed by atoms with Crippen LogP contribution in [0.2, 0.25) is 0 Å². The summed E-state index contributed by atoms with van der Waals surface area (Å²) in [6, 6.07) is 4.25. The van der Waals surface area contributed by atoms with E-state index in [0.717, 1.165) is 11.0 Å². The maximum atomic E-state index is 11.9. The zero-order valence-corrected chi connectivity index (χ0v) is 13.1. The van der Waals surface area contributed by atoms with Crippen LogP contribution in [0.15, 0.2) is 22.8 Å². The van der Waals surface area contributed by atoms with Gasteiger partial charge in [-0.05, 0) is 44.2 Å². The third-order valence-corrected chi connectivity index (χ3v) is 5.05. The molecule has 0 unspecified atom stereocenters. The van der Waals surface area contributed by atoms with E-state index in [0.29, 0.717) is 19.1 Å². The second kappa shape index (κ2) is 7.74. The van der Waals surface area contributed by atoms with Gasteiger partial charge in [0.15, 0.2) is 0 Å². The van der Waals surface area contributed by atoms with Gasteiger partial charge in [0.2, 0.25) is 5.91 Å². The first-order chi connectivity index (χ1) is 9.69. The van der Waals surface area contributed by atoms with Gasteiger partial charge in [0.05, 0.1) is 19.4 Å². The largest absolute Gasteiger partial charge is 0.467 e. The molecule has 1 aliphatic rings. The molecule has 1 fully saturated rings. The number of furan rings is 1. The lowest BCUT2D eigenvalue weighted by Crippen LogP contribution is -2.39. The van der Waals surface area contributed by atoms with Gasteiger partial charge < -0.3 is 9.73 Å². The highest BCUT2D eigenvalue weighted by Gasteiger charge is 2.28. The number of carbonyl (C=O) groups is 1. The molecule has 0 bridgehead atoms. The summed E-state index contributed by atoms with van der Waals surface area (Å²) in [5, 5.41) is 3.67. The first-order valence-electron chi connectivity index (χ1n) is 7.30. The number of nitrogens with one attached hydrogen (secondary N) is 1. The van der Waals surface area contributed by atoms with Gasteiger partial charge in [0.25, 0.3) is 0 Å². The molecule has 20 heavy (non-hydrogen) atoms. The van der Waals surface area contributed by atoms with Crippen LogP contribution in [-0.2, 0) is 11.3 Å². The molecule has 0 saturated heterocycles. The smallest absolute Gasteiger partial charge is 0.234 e. The Morgan fingerprint density at radius 1 is 1.55 bits per heavy atom. The molecule has 4 nitrogen and oxygen atoms in total. The van der Waals surface area contributed by atoms with E-state index in [4.69, 9.17) is 4.42 Å². The van der Waals surface area contributed by atoms with Gasteiger partial charge in [-0.15, -0.1) is 0 Å². The molecule has 1 saturated carbocycles. The van der Waals surface area contributed by atoms with E-state index >= 15 is 0 Å². The fourth-order valence-electron chi connectivity index (χ4n) is 2.72. The lowest BCUT2D eigenvalue weighted by Gasteiger charge is -2.23. The van der Waals surface area contributed by atoms with Gasteiger partial charge in [-0.25, -0.2) is 0 Å². The Kier molecular flexibility index (Phi) is 5.98. The van der Waals surface area contributed by atoms with Gasteiger partial charge >= 0.3 is 0 Å². The van der Waals surface area contributed by atoms with Crippen LogP contribution in [-0.4, -0.2) is 41.4 Å². The third kappa shape index (κ3) is 4.56. The van der Waals surface area contributed by atoms with E-state index < -0.39 is 0 Å². The molecule has 2 atom stereocenters. The molecular weight excluding hydrogens is 272 g/mol. The molecule has 0 aromatic carbocycles. The van der Waals surface area contributed by atoms with Crippen molar-refractivity contribution in [3.63, 3.8) is 0 Å². The lowest BCUT2D eigenvalue weighted by molar-refractivity contribution is -0.122. The highest BCUT2D eigenvalue weighted by atomic mass is 32.2. The number of hydrogen-bond donors (Lipinski definition) is 1. The highest BCUT2D eigenvalue weighted by Crippen LogP contribution is 2.31. The van der Waals surface area contributed by atoms with Crippen molar-refractivity contribution >= 4 is 17.7 Å². The standard InChI is InChI=1S/C15H24N2O2S/c1-3-20-14-7-6-12(9-14)17(2)11-15(18)16-10-13-5-4-8-19-13/h4-5,8,12,14H,3,6-7,9-11H2,1-2H3,(H,16,18)/t12-,14+/m0/s1. The highest BCUT2D eigenvalue weighted by molar-refractivity contribution is 7.99. The molecule has 0 radical (unpaired) electrons. The average Bonchev–Trinajstić information content (AvgIpc) is 3.08. The Balaban J connectivity index is 1.68. The Hall–Kier alpha value is -0.940. The minimum absolute atomic E-state index is 0.0653. The van der Waals surface area contributed by atoms with Gasteiger partial charge in [-0.1, -0.05) is 6.92 Å². The van der Waals surface area contributed by atoms with Crippen molar-refractivity contribution in [2.24, 2.45) is 0 Å². The van der Waals surface area contributed by atoms with Crippen LogP contribution in [0.4, 0.5) is 0 Å². The van der Waals surface area contributed by atoms with E-state index in [-0.39, 0.29) is 5.91 Å². The van der Waals surface area contributed by atoms with Crippen LogP contribution in [0, 0.1) is 0 Å². The number of amides is 1. The molecule has 112 valence electrons. The first-order valence-corrected chi connectivity index (χ1v) is 8.34. The third-order valence-electron chi connectivity index (χ3n) is 3.82. The second-order valence-corrected chi connectivity index (χ2v) is 6.89. The van der Waals surface area contributed by atoms with E-state index in [2.05, 4.69) is 24.2 Å². The summed E-state index contributed by atoms with van der Waals surface area (Å²) >= 11 is 2.05. The molecular formula is C15H24N2O2S. The molecule has 0 spiro atoms. The van der Waals surface area contributed by atoms with Crippen molar-refractivity contribution in [3.8, 4) is 0 Å². The summed E-state index contributed by atoms with van der Waals surface area (Å²) in [6.45, 7) is 3.15. The summed E-state index contributed by atoms with van der Waals surface area (Å²) in [5.41, 5.74) is 0. The fourth-order valence-corrected chi connectivity index (χ4v) is 3.85. The normalized spacial score (nSPS) is 22.4. The van der Waals surface area contributed by atoms with E-state index in [1.807, 2.05) is 23.9 Å². The molecule has 1 aliphatic carbocycles. The van der Waals surface area contributed by atoms with Crippen molar-refractivity contribution in [2.45, 2.75) is 44.0 Å². The van der Waals surface area contributed by atoms with Crippen molar-refractivity contribution in [1.29, 1.82) is 0 Å². The summed E-state index contributed by atoms with van der Waals surface area (Å²) < 4.78 is 5.20. The summed E-state index contributed by atoms with van der Waals surface area (Å²) in [5.74, 6) is 2.04. The lowest BCUT2D eigenvalue weighted by atomic mass is 10.2. The number of thioether (sulfide) groups is 1. The predicted octanol–water partition coefficient (Wildman–Crippen LogP) is 2.50. The maximum Gasteiger partial charge on any atom is 0.234 e. The number of carbonyl (C=O) groups excluding carboxylic acids is 1. The van der Waals surface area contributed by atoms with Crippen molar-refractivity contribution in [2.75, 3.05) is 19.3 Å². The topological polar surface area (TPSA) is 45.5 Å². The average molecular weight is 296 g/mol. The van der Waals surface area contributed by atoms with Gasteiger partial charge in [0, 0.05) is 11.3 Å². The molecule has 2 rings (SSSR count). The molecule has 1 aromatic heterocycles. The van der Waals surface area contributed by atoms with Crippen molar-refractivity contribution < 1.29 is 9.21 Å². The zero-order chi connectivity index (χ0) is 14.4. The Morgan fingerprint density at radius 2 is 2.40 bits per heavy atom. The molecule has 1 aromatic rings. The van der Waals surface area contributed by atoms with Gasteiger partial charge in [-0.2, -0.15) is 11.8 Å². The van der Waals surface area contributed by atoms with Gasteiger partial charge in [0.1, 0.15) is 5.76 Å². The fraction of sp³-hybridized carbons (Fsp3) is 0.667. The first kappa shape index (κ1) is 15.4. The van der Waals surface area contributed by atoms with E-state index in [1.165, 1.54) is 25.0 Å². The minimum atomic E-state index is 0.0653. The molecule has 1 N–H and O–H groups in total. The Morgan fingerprint density at radius 3 is 3.10 bits per heavy atom. The van der Waals surface area contributed by atoms with E-state index in [9.17, 15) is 4.79 Å². The Labute approximate surface area is 125 Å². The summed E-state index contributed by atoms with van der Waals surface area (Å²) in [6.07, 6.45) is 5.32.